The molecule has 2 fully saturated rings. The van der Waals surface area contributed by atoms with Crippen molar-refractivity contribution in [2.24, 2.45) is 11.8 Å². The number of rotatable bonds is 2. The highest BCUT2D eigenvalue weighted by atomic mass is 35.5. The molecule has 0 heterocycles. The largest absolute Gasteiger partial charge is 0.396 e. The predicted octanol–water partition coefficient (Wildman–Crippen LogP) is 4.05. The first-order chi connectivity index (χ1) is 9.52. The molecule has 2 saturated carbocycles. The lowest BCUT2D eigenvalue weighted by Crippen LogP contribution is -2.40. The van der Waals surface area contributed by atoms with Crippen molar-refractivity contribution in [2.45, 2.75) is 31.7 Å². The quantitative estimate of drug-likeness (QED) is 0.566. The van der Waals surface area contributed by atoms with Gasteiger partial charge in [0.05, 0.1) is 15.7 Å². The molecular formula is C14H17Cl2N3S. The monoisotopic (exact) mass is 329 g/mol. The lowest BCUT2D eigenvalue weighted by Gasteiger charge is -2.24. The molecule has 1 aromatic rings. The van der Waals surface area contributed by atoms with Crippen molar-refractivity contribution < 1.29 is 0 Å². The standard InChI is InChI=1S/C14H17Cl2N3S/c15-10-5-9(6-11(16)13(10)17)18-14(20)19-12-4-7-1-2-8(12)3-7/h5-8,12H,1-4,17H2,(H2,18,19,20)/t7-,8-,12+/m1/s1. The fourth-order valence-corrected chi connectivity index (χ4v) is 4.17. The summed E-state index contributed by atoms with van der Waals surface area (Å²) in [6.07, 6.45) is 5.28. The van der Waals surface area contributed by atoms with E-state index in [1.807, 2.05) is 0 Å². The van der Waals surface area contributed by atoms with E-state index < -0.39 is 0 Å². The lowest BCUT2D eigenvalue weighted by atomic mass is 9.96. The first-order valence-corrected chi connectivity index (χ1v) is 8.01. The van der Waals surface area contributed by atoms with Crippen LogP contribution in [0.1, 0.15) is 25.7 Å². The van der Waals surface area contributed by atoms with Crippen LogP contribution in [-0.4, -0.2) is 11.2 Å². The van der Waals surface area contributed by atoms with Crippen molar-refractivity contribution in [1.29, 1.82) is 0 Å². The van der Waals surface area contributed by atoms with Gasteiger partial charge in [0.25, 0.3) is 0 Å². The van der Waals surface area contributed by atoms with Gasteiger partial charge in [0.1, 0.15) is 0 Å². The second kappa shape index (κ2) is 5.58. The minimum Gasteiger partial charge on any atom is -0.396 e. The van der Waals surface area contributed by atoms with E-state index in [0.717, 1.165) is 17.5 Å². The number of hydrogen-bond donors (Lipinski definition) is 3. The first-order valence-electron chi connectivity index (χ1n) is 6.85. The van der Waals surface area contributed by atoms with Crippen LogP contribution in [0.4, 0.5) is 11.4 Å². The van der Waals surface area contributed by atoms with Crippen LogP contribution in [0.15, 0.2) is 12.1 Å². The number of thiocarbonyl (C=S) groups is 1. The summed E-state index contributed by atoms with van der Waals surface area (Å²) in [5.74, 6) is 1.67. The molecular weight excluding hydrogens is 313 g/mol. The summed E-state index contributed by atoms with van der Waals surface area (Å²) in [7, 11) is 0. The highest BCUT2D eigenvalue weighted by Gasteiger charge is 2.39. The van der Waals surface area contributed by atoms with E-state index in [9.17, 15) is 0 Å². The topological polar surface area (TPSA) is 50.1 Å². The summed E-state index contributed by atoms with van der Waals surface area (Å²) in [6.45, 7) is 0. The molecule has 2 bridgehead atoms. The van der Waals surface area contributed by atoms with Gasteiger partial charge in [-0.25, -0.2) is 0 Å². The van der Waals surface area contributed by atoms with Gasteiger partial charge in [-0.3, -0.25) is 0 Å². The minimum atomic E-state index is 0.394. The Kier molecular flexibility index (Phi) is 3.98. The van der Waals surface area contributed by atoms with Crippen LogP contribution >= 0.6 is 35.4 Å². The van der Waals surface area contributed by atoms with E-state index in [4.69, 9.17) is 41.2 Å². The molecule has 0 spiro atoms. The summed E-state index contributed by atoms with van der Waals surface area (Å²) < 4.78 is 0. The number of benzene rings is 1. The van der Waals surface area contributed by atoms with E-state index in [1.54, 1.807) is 12.1 Å². The predicted molar refractivity (Wildman–Crippen MR) is 89.5 cm³/mol. The Morgan fingerprint density at radius 3 is 2.45 bits per heavy atom. The van der Waals surface area contributed by atoms with Crippen molar-refractivity contribution >= 4 is 51.9 Å². The van der Waals surface area contributed by atoms with Gasteiger partial charge in [-0.15, -0.1) is 0 Å². The molecule has 4 N–H and O–H groups in total. The molecule has 2 aliphatic rings. The smallest absolute Gasteiger partial charge is 0.171 e. The maximum Gasteiger partial charge on any atom is 0.171 e. The fourth-order valence-electron chi connectivity index (χ4n) is 3.41. The van der Waals surface area contributed by atoms with Gasteiger partial charge in [-0.05, 0) is 55.4 Å². The first kappa shape index (κ1) is 14.2. The molecule has 0 saturated heterocycles. The summed E-state index contributed by atoms with van der Waals surface area (Å²) >= 11 is 17.4. The van der Waals surface area contributed by atoms with Gasteiger partial charge in [0, 0.05) is 11.7 Å². The Bertz CT molecular complexity index is 526. The van der Waals surface area contributed by atoms with Crippen LogP contribution in [0.3, 0.4) is 0 Å². The molecule has 3 rings (SSSR count). The molecule has 3 nitrogen and oxygen atoms in total. The molecule has 0 unspecified atom stereocenters. The molecule has 0 aliphatic heterocycles. The molecule has 0 amide bonds. The second-order valence-corrected chi connectivity index (χ2v) is 6.96. The van der Waals surface area contributed by atoms with Crippen LogP contribution in [0.2, 0.25) is 10.0 Å². The molecule has 0 radical (unpaired) electrons. The second-order valence-electron chi connectivity index (χ2n) is 5.73. The zero-order valence-electron chi connectivity index (χ0n) is 11.0. The van der Waals surface area contributed by atoms with Gasteiger partial charge in [0.2, 0.25) is 0 Å². The zero-order valence-corrected chi connectivity index (χ0v) is 13.3. The highest BCUT2D eigenvalue weighted by molar-refractivity contribution is 7.80. The molecule has 2 aliphatic carbocycles. The number of nitrogens with one attached hydrogen (secondary N) is 2. The number of halogens is 2. The van der Waals surface area contributed by atoms with Crippen molar-refractivity contribution in [3.8, 4) is 0 Å². The van der Waals surface area contributed by atoms with Gasteiger partial charge in [-0.2, -0.15) is 0 Å². The van der Waals surface area contributed by atoms with Gasteiger partial charge in [-0.1, -0.05) is 29.6 Å². The summed E-state index contributed by atoms with van der Waals surface area (Å²) in [5.41, 5.74) is 6.87. The van der Waals surface area contributed by atoms with E-state index in [-0.39, 0.29) is 0 Å². The minimum absolute atomic E-state index is 0.394. The Labute approximate surface area is 134 Å². The van der Waals surface area contributed by atoms with Crippen LogP contribution in [0.5, 0.6) is 0 Å². The lowest BCUT2D eigenvalue weighted by molar-refractivity contribution is 0.392. The number of nitrogens with two attached hydrogens (primary N) is 1. The van der Waals surface area contributed by atoms with Gasteiger partial charge < -0.3 is 16.4 Å². The van der Waals surface area contributed by atoms with Crippen LogP contribution in [0.25, 0.3) is 0 Å². The average molecular weight is 330 g/mol. The van der Waals surface area contributed by atoms with E-state index >= 15 is 0 Å². The normalized spacial score (nSPS) is 27.6. The molecule has 108 valence electrons. The zero-order chi connectivity index (χ0) is 14.3. The summed E-state index contributed by atoms with van der Waals surface area (Å²) in [4.78, 5) is 0. The van der Waals surface area contributed by atoms with Crippen LogP contribution in [-0.2, 0) is 0 Å². The van der Waals surface area contributed by atoms with Gasteiger partial charge in [0.15, 0.2) is 5.11 Å². The maximum atomic E-state index is 6.01. The molecule has 6 heteroatoms. The number of fused-ring (bicyclic) bond motifs is 2. The molecule has 20 heavy (non-hydrogen) atoms. The highest BCUT2D eigenvalue weighted by Crippen LogP contribution is 2.44. The fraction of sp³-hybridized carbons (Fsp3) is 0.500. The Balaban J connectivity index is 1.62. The van der Waals surface area contributed by atoms with E-state index in [2.05, 4.69) is 10.6 Å². The van der Waals surface area contributed by atoms with Crippen LogP contribution < -0.4 is 16.4 Å². The molecule has 3 atom stereocenters. The number of anilines is 2. The number of nitrogen functional groups attached to an aromatic ring is 1. The van der Waals surface area contributed by atoms with Gasteiger partial charge >= 0.3 is 0 Å². The summed E-state index contributed by atoms with van der Waals surface area (Å²) in [6, 6.07) is 3.98. The van der Waals surface area contributed by atoms with Crippen molar-refractivity contribution in [1.82, 2.24) is 5.32 Å². The molecule has 1 aromatic carbocycles. The van der Waals surface area contributed by atoms with Crippen molar-refractivity contribution in [3.63, 3.8) is 0 Å². The Morgan fingerprint density at radius 2 is 1.90 bits per heavy atom. The average Bonchev–Trinajstić information content (AvgIpc) is 2.97. The Hall–Kier alpha value is -0.710. The number of hydrogen-bond acceptors (Lipinski definition) is 2. The van der Waals surface area contributed by atoms with Crippen LogP contribution in [0, 0.1) is 11.8 Å². The van der Waals surface area contributed by atoms with E-state index in [0.29, 0.717) is 26.9 Å². The van der Waals surface area contributed by atoms with Crippen molar-refractivity contribution in [3.05, 3.63) is 22.2 Å². The maximum absolute atomic E-state index is 6.01. The third kappa shape index (κ3) is 2.83. The third-order valence-corrected chi connectivity index (χ3v) is 5.24. The van der Waals surface area contributed by atoms with E-state index in [1.165, 1.54) is 25.7 Å². The summed E-state index contributed by atoms with van der Waals surface area (Å²) in [5, 5.41) is 8.04. The SMILES string of the molecule is Nc1c(Cl)cc(NC(=S)N[C@H]2C[C@@H]3CC[C@@H]2C3)cc1Cl. The Morgan fingerprint density at radius 1 is 1.20 bits per heavy atom. The molecule has 0 aromatic heterocycles. The third-order valence-electron chi connectivity index (χ3n) is 4.39. The van der Waals surface area contributed by atoms with Crippen molar-refractivity contribution in [2.75, 3.05) is 11.1 Å².